The Bertz CT molecular complexity index is 2510. The van der Waals surface area contributed by atoms with Crippen molar-refractivity contribution in [3.8, 4) is 28.5 Å². The first kappa shape index (κ1) is 38.3. The molecular weight excluding hydrogens is 750 g/mol. The number of hydrogen-bond acceptors (Lipinski definition) is 9. The number of pyridine rings is 2. The summed E-state index contributed by atoms with van der Waals surface area (Å²) in [7, 11) is -2.66. The van der Waals surface area contributed by atoms with E-state index in [2.05, 4.69) is 58.3 Å². The third-order valence-electron chi connectivity index (χ3n) is 9.83. The van der Waals surface area contributed by atoms with Crippen LogP contribution in [0.5, 0.6) is 5.88 Å². The second-order valence-corrected chi connectivity index (χ2v) is 22.2. The van der Waals surface area contributed by atoms with Gasteiger partial charge in [0.15, 0.2) is 16.5 Å². The first-order valence-corrected chi connectivity index (χ1v) is 23.0. The van der Waals surface area contributed by atoms with Gasteiger partial charge in [-0.1, -0.05) is 25.7 Å². The van der Waals surface area contributed by atoms with Gasteiger partial charge in [0.05, 0.1) is 41.1 Å². The summed E-state index contributed by atoms with van der Waals surface area (Å²) in [6.07, 6.45) is 3.87. The fraction of sp³-hybridized carbons (Fsp3) is 0.342. The molecule has 2 aromatic carbocycles. The highest BCUT2D eigenvalue weighted by Gasteiger charge is 2.29. The summed E-state index contributed by atoms with van der Waals surface area (Å²) < 4.78 is 89.7. The van der Waals surface area contributed by atoms with Crippen molar-refractivity contribution in [2.24, 2.45) is 0 Å². The Hall–Kier alpha value is -4.97. The highest BCUT2D eigenvalue weighted by molar-refractivity contribution is 7.92. The summed E-state index contributed by atoms with van der Waals surface area (Å²) in [5, 5.41) is 0. The maximum Gasteiger partial charge on any atom is 0.267 e. The lowest BCUT2D eigenvalue weighted by Gasteiger charge is -2.34. The van der Waals surface area contributed by atoms with E-state index in [0.29, 0.717) is 23.6 Å². The molecule has 0 spiro atoms. The molecule has 1 aliphatic rings. The molecule has 5 heterocycles. The van der Waals surface area contributed by atoms with Crippen LogP contribution in [0, 0.1) is 24.4 Å². The van der Waals surface area contributed by atoms with Crippen molar-refractivity contribution >= 4 is 46.0 Å². The molecule has 17 heteroatoms. The van der Waals surface area contributed by atoms with Crippen molar-refractivity contribution in [3.05, 3.63) is 84.2 Å². The Kier molecular flexibility index (Phi) is 10.4. The second-order valence-electron chi connectivity index (χ2n) is 14.9. The number of ether oxygens (including phenoxy) is 2. The van der Waals surface area contributed by atoms with E-state index < -0.39 is 51.7 Å². The van der Waals surface area contributed by atoms with E-state index in [4.69, 9.17) is 19.4 Å². The number of piperazine rings is 1. The Balaban J connectivity index is 1.25. The Labute approximate surface area is 318 Å². The molecule has 0 amide bonds. The first-order chi connectivity index (χ1) is 26.1. The van der Waals surface area contributed by atoms with Crippen LogP contribution in [-0.4, -0.2) is 92.3 Å². The summed E-state index contributed by atoms with van der Waals surface area (Å²) in [6.45, 7) is 12.8. The van der Waals surface area contributed by atoms with Gasteiger partial charge in [-0.15, -0.1) is 0 Å². The minimum Gasteiger partial charge on any atom is -0.480 e. The fourth-order valence-corrected chi connectivity index (χ4v) is 8.80. The van der Waals surface area contributed by atoms with E-state index in [1.54, 1.807) is 10.5 Å². The Morgan fingerprint density at radius 1 is 0.945 bits per heavy atom. The van der Waals surface area contributed by atoms with E-state index in [9.17, 15) is 12.8 Å². The van der Waals surface area contributed by atoms with Crippen molar-refractivity contribution in [2.45, 2.75) is 44.2 Å². The van der Waals surface area contributed by atoms with E-state index in [1.807, 2.05) is 10.6 Å². The van der Waals surface area contributed by atoms with Crippen LogP contribution in [0.4, 0.5) is 24.5 Å². The van der Waals surface area contributed by atoms with Crippen molar-refractivity contribution in [1.82, 2.24) is 28.8 Å². The number of aromatic nitrogens is 5. The third kappa shape index (κ3) is 7.65. The molecule has 0 atom stereocenters. The lowest BCUT2D eigenvalue weighted by atomic mass is 10.0. The average molecular weight is 793 g/mol. The normalized spacial score (nSPS) is 14.3. The average Bonchev–Trinajstić information content (AvgIpc) is 3.72. The van der Waals surface area contributed by atoms with Crippen LogP contribution in [0.25, 0.3) is 39.2 Å². The Morgan fingerprint density at radius 3 is 2.44 bits per heavy atom. The lowest BCUT2D eigenvalue weighted by molar-refractivity contribution is 0.0909. The van der Waals surface area contributed by atoms with E-state index >= 15 is 8.78 Å². The minimum atomic E-state index is -4.63. The smallest absolute Gasteiger partial charge is 0.267 e. The van der Waals surface area contributed by atoms with Gasteiger partial charge in [0, 0.05) is 63.9 Å². The van der Waals surface area contributed by atoms with Crippen LogP contribution in [0.2, 0.25) is 25.7 Å². The van der Waals surface area contributed by atoms with Crippen molar-refractivity contribution in [1.29, 1.82) is 0 Å². The number of nitrogens with one attached hydrogen (secondary N) is 1. The van der Waals surface area contributed by atoms with Gasteiger partial charge in [0.2, 0.25) is 5.88 Å². The fourth-order valence-electron chi connectivity index (χ4n) is 6.63. The van der Waals surface area contributed by atoms with Crippen LogP contribution in [0.1, 0.15) is 5.56 Å². The molecule has 12 nitrogen and oxygen atoms in total. The second kappa shape index (κ2) is 14.9. The zero-order chi connectivity index (χ0) is 39.2. The number of nitrogens with zero attached hydrogens (tertiary/aromatic N) is 7. The molecule has 1 N–H and O–H groups in total. The molecular formula is C38H43F3N8O4SSi. The summed E-state index contributed by atoms with van der Waals surface area (Å²) in [6, 6.07) is 12.4. The van der Waals surface area contributed by atoms with Gasteiger partial charge in [0.25, 0.3) is 10.0 Å². The predicted molar refractivity (Wildman–Crippen MR) is 209 cm³/mol. The molecule has 0 radical (unpaired) electrons. The maximum atomic E-state index is 16.1. The highest BCUT2D eigenvalue weighted by Crippen LogP contribution is 2.36. The molecule has 1 fully saturated rings. The number of anilines is 2. The first-order valence-electron chi connectivity index (χ1n) is 17.8. The molecule has 0 aliphatic carbocycles. The van der Waals surface area contributed by atoms with Gasteiger partial charge >= 0.3 is 0 Å². The number of rotatable bonds is 12. The van der Waals surface area contributed by atoms with E-state index in [0.717, 1.165) is 67.3 Å². The van der Waals surface area contributed by atoms with Gasteiger partial charge in [-0.2, -0.15) is 0 Å². The molecule has 1 aliphatic heterocycles. The topological polar surface area (TPSA) is 119 Å². The Morgan fingerprint density at radius 2 is 1.71 bits per heavy atom. The number of benzene rings is 2. The molecule has 290 valence electrons. The molecule has 55 heavy (non-hydrogen) atoms. The van der Waals surface area contributed by atoms with Crippen LogP contribution in [-0.2, 0) is 21.5 Å². The monoisotopic (exact) mass is 792 g/mol. The van der Waals surface area contributed by atoms with Crippen LogP contribution < -0.4 is 14.4 Å². The van der Waals surface area contributed by atoms with Crippen molar-refractivity contribution in [2.75, 3.05) is 56.6 Å². The lowest BCUT2D eigenvalue weighted by Crippen LogP contribution is -2.44. The molecule has 4 aromatic heterocycles. The SMILES string of the molecule is COc1ncc(F)c(C)c1S(=O)(=O)Nc1ccc(F)c(-c2ccc3c(-c4nc5ccc(N6CCN(C)CC6)cc5n4COCC[Si](C)(C)C)ncn3c2)c1F. The van der Waals surface area contributed by atoms with Gasteiger partial charge in [-0.25, -0.2) is 36.5 Å². The zero-order valence-electron chi connectivity index (χ0n) is 31.5. The van der Waals surface area contributed by atoms with E-state index in [1.165, 1.54) is 32.6 Å². The molecule has 0 saturated carbocycles. The van der Waals surface area contributed by atoms with Crippen LogP contribution >= 0.6 is 0 Å². The van der Waals surface area contributed by atoms with Crippen molar-refractivity contribution < 1.29 is 31.1 Å². The number of halogens is 3. The zero-order valence-corrected chi connectivity index (χ0v) is 33.3. The molecule has 0 unspecified atom stereocenters. The van der Waals surface area contributed by atoms with Gasteiger partial charge in [-0.05, 0) is 56.4 Å². The number of sulfonamides is 1. The number of imidazole rings is 2. The van der Waals surface area contributed by atoms with Gasteiger partial charge in [0.1, 0.15) is 30.4 Å². The summed E-state index contributed by atoms with van der Waals surface area (Å²) in [5.41, 5.74) is 2.79. The summed E-state index contributed by atoms with van der Waals surface area (Å²) >= 11 is 0. The molecule has 7 rings (SSSR count). The number of fused-ring (bicyclic) bond motifs is 2. The molecule has 0 bridgehead atoms. The molecule has 1 saturated heterocycles. The number of likely N-dealkylation sites (N-methyl/N-ethyl adjacent to an activating group) is 1. The standard InChI is InChI=1S/C38H43F3N8O4SSi/c1-24-28(40)20-42-38(52-3)36(24)54(50,51)45-30-11-9-27(39)33(34(30)41)25-7-12-31-35(43-22-48(31)21-25)37-44-29-10-8-26(47-15-13-46(2)14-16-47)19-32(29)49(37)23-53-17-18-55(4,5)6/h7-12,19-22,45H,13-18,23H2,1-6H3. The summed E-state index contributed by atoms with van der Waals surface area (Å²) in [5.74, 6) is -2.78. The van der Waals surface area contributed by atoms with Crippen molar-refractivity contribution in [3.63, 3.8) is 0 Å². The highest BCUT2D eigenvalue weighted by atomic mass is 32.2. The van der Waals surface area contributed by atoms with Gasteiger partial charge < -0.3 is 23.7 Å². The van der Waals surface area contributed by atoms with Gasteiger partial charge in [-0.3, -0.25) is 9.29 Å². The quantitative estimate of drug-likeness (QED) is 0.103. The third-order valence-corrected chi connectivity index (χ3v) is 13.0. The summed E-state index contributed by atoms with van der Waals surface area (Å²) in [4.78, 5) is 17.5. The molecule has 6 aromatic rings. The minimum absolute atomic E-state index is 0.119. The van der Waals surface area contributed by atoms with E-state index in [-0.39, 0.29) is 23.7 Å². The maximum absolute atomic E-state index is 16.1. The van der Waals surface area contributed by atoms with Crippen LogP contribution in [0.3, 0.4) is 0 Å². The predicted octanol–water partition coefficient (Wildman–Crippen LogP) is 7.01. The number of methoxy groups -OCH3 is 1. The van der Waals surface area contributed by atoms with Crippen LogP contribution in [0.15, 0.2) is 66.1 Å². The largest absolute Gasteiger partial charge is 0.480 e. The number of hydrogen-bond donors (Lipinski definition) is 1.